The molecule has 0 atom stereocenters. The van der Waals surface area contributed by atoms with E-state index in [0.717, 1.165) is 25.2 Å². The van der Waals surface area contributed by atoms with Gasteiger partial charge < -0.3 is 10.2 Å². The Morgan fingerprint density at radius 2 is 1.62 bits per heavy atom. The van der Waals surface area contributed by atoms with E-state index < -0.39 is 0 Å². The van der Waals surface area contributed by atoms with Gasteiger partial charge in [-0.15, -0.1) is 0 Å². The minimum Gasteiger partial charge on any atom is -0.369 e. The average molecular weight is 431 g/mol. The normalized spacial score (nSPS) is 10.9. The highest BCUT2D eigenvalue weighted by molar-refractivity contribution is 6.00. The minimum absolute atomic E-state index is 0.0557. The minimum atomic E-state index is -0.148. The summed E-state index contributed by atoms with van der Waals surface area (Å²) in [6, 6.07) is 18.5. The van der Waals surface area contributed by atoms with E-state index in [0.29, 0.717) is 35.0 Å². The van der Waals surface area contributed by atoms with Crippen LogP contribution in [0.5, 0.6) is 0 Å². The zero-order chi connectivity index (χ0) is 22.9. The molecule has 0 saturated heterocycles. The number of likely N-dealkylation sites (N-methyl/N-ethyl adjacent to an activating group) is 1. The number of hydrogen-bond donors (Lipinski definition) is 1. The Morgan fingerprint density at radius 3 is 2.31 bits per heavy atom. The summed E-state index contributed by atoms with van der Waals surface area (Å²) >= 11 is 0. The van der Waals surface area contributed by atoms with Crippen LogP contribution in [0.2, 0.25) is 0 Å². The Morgan fingerprint density at radius 1 is 0.938 bits per heavy atom. The molecule has 1 aromatic heterocycles. The van der Waals surface area contributed by atoms with Crippen LogP contribution in [0.4, 0.5) is 5.82 Å². The van der Waals surface area contributed by atoms with Crippen LogP contribution in [-0.2, 0) is 6.42 Å². The molecule has 0 aliphatic rings. The monoisotopic (exact) mass is 430 g/mol. The quantitative estimate of drug-likeness (QED) is 0.451. The second-order valence-corrected chi connectivity index (χ2v) is 7.60. The van der Waals surface area contributed by atoms with Crippen molar-refractivity contribution in [2.24, 2.45) is 0 Å². The summed E-state index contributed by atoms with van der Waals surface area (Å²) in [5, 5.41) is 3.34. The first-order chi connectivity index (χ1) is 15.5. The van der Waals surface area contributed by atoms with Crippen molar-refractivity contribution in [2.45, 2.75) is 27.2 Å². The lowest BCUT2D eigenvalue weighted by atomic mass is 9.98. The largest absolute Gasteiger partial charge is 0.369 e. The van der Waals surface area contributed by atoms with Crippen LogP contribution >= 0.6 is 0 Å². The summed E-state index contributed by atoms with van der Waals surface area (Å²) < 4.78 is 0. The Bertz CT molecular complexity index is 1060. The number of carbonyl (C=O) groups is 2. The lowest BCUT2D eigenvalue weighted by Gasteiger charge is -2.18. The third kappa shape index (κ3) is 6.08. The molecule has 32 heavy (non-hydrogen) atoms. The molecule has 0 unspecified atom stereocenters. The number of nitrogens with zero attached hydrogens (tertiary/aromatic N) is 3. The second-order valence-electron chi connectivity index (χ2n) is 7.60. The number of nitrogens with one attached hydrogen (secondary N) is 1. The summed E-state index contributed by atoms with van der Waals surface area (Å²) in [6.45, 7) is 9.35. The fourth-order valence-corrected chi connectivity index (χ4v) is 3.56. The number of anilines is 1. The predicted octanol–water partition coefficient (Wildman–Crippen LogP) is 4.53. The van der Waals surface area contributed by atoms with Crippen molar-refractivity contribution in [2.75, 3.05) is 31.5 Å². The van der Waals surface area contributed by atoms with Gasteiger partial charge in [-0.25, -0.2) is 9.97 Å². The van der Waals surface area contributed by atoms with Crippen LogP contribution in [-0.4, -0.2) is 52.6 Å². The Balaban J connectivity index is 1.88. The zero-order valence-electron chi connectivity index (χ0n) is 19.0. The molecule has 3 rings (SSSR count). The lowest BCUT2D eigenvalue weighted by Crippen LogP contribution is -2.28. The van der Waals surface area contributed by atoms with Crippen molar-refractivity contribution < 1.29 is 9.59 Å². The molecular weight excluding hydrogens is 400 g/mol. The first-order valence-electron chi connectivity index (χ1n) is 11.0. The molecule has 166 valence electrons. The highest BCUT2D eigenvalue weighted by Crippen LogP contribution is 2.20. The maximum atomic E-state index is 13.2. The summed E-state index contributed by atoms with van der Waals surface area (Å²) in [4.78, 5) is 36.6. The average Bonchev–Trinajstić information content (AvgIpc) is 2.82. The number of aromatic nitrogens is 2. The summed E-state index contributed by atoms with van der Waals surface area (Å²) in [5.41, 5.74) is 2.46. The first kappa shape index (κ1) is 23.3. The van der Waals surface area contributed by atoms with Crippen molar-refractivity contribution in [3.8, 4) is 11.4 Å². The van der Waals surface area contributed by atoms with Crippen LogP contribution in [0.1, 0.15) is 47.2 Å². The van der Waals surface area contributed by atoms with E-state index in [-0.39, 0.29) is 18.0 Å². The number of carbonyl (C=O) groups excluding carboxylic acids is 2. The van der Waals surface area contributed by atoms with Crippen LogP contribution in [0.25, 0.3) is 11.4 Å². The second kappa shape index (κ2) is 11.3. The van der Waals surface area contributed by atoms with Gasteiger partial charge in [0.05, 0.1) is 0 Å². The molecule has 0 bridgehead atoms. The van der Waals surface area contributed by atoms with Gasteiger partial charge in [-0.1, -0.05) is 68.4 Å². The van der Waals surface area contributed by atoms with E-state index in [1.165, 1.54) is 6.92 Å². The Labute approximate surface area is 189 Å². The molecule has 1 heterocycles. The third-order valence-electron chi connectivity index (χ3n) is 5.42. The molecule has 0 amide bonds. The number of rotatable bonds is 11. The standard InChI is InChI=1S/C26H30N4O2/c1-4-30(5-2)16-15-27-25-18-23(28-26(29-25)20-11-7-6-8-12-20)24(32)17-21-13-9-10-14-22(21)19(3)31/h6-14,18H,4-5,15-17H2,1-3H3,(H,27,28,29). The van der Waals surface area contributed by atoms with E-state index >= 15 is 0 Å². The van der Waals surface area contributed by atoms with Crippen molar-refractivity contribution in [3.63, 3.8) is 0 Å². The Hall–Kier alpha value is -3.38. The summed E-state index contributed by atoms with van der Waals surface area (Å²) in [5.74, 6) is 0.917. The van der Waals surface area contributed by atoms with Crippen molar-refractivity contribution in [1.82, 2.24) is 14.9 Å². The molecule has 0 saturated carbocycles. The van der Waals surface area contributed by atoms with Gasteiger partial charge in [0.25, 0.3) is 0 Å². The molecule has 3 aromatic rings. The summed E-state index contributed by atoms with van der Waals surface area (Å²) in [7, 11) is 0. The fraction of sp³-hybridized carbons (Fsp3) is 0.308. The van der Waals surface area contributed by atoms with Gasteiger partial charge in [0, 0.05) is 36.7 Å². The van der Waals surface area contributed by atoms with E-state index in [4.69, 9.17) is 0 Å². The van der Waals surface area contributed by atoms with Gasteiger partial charge >= 0.3 is 0 Å². The summed E-state index contributed by atoms with van der Waals surface area (Å²) in [6.07, 6.45) is 0.111. The number of benzene rings is 2. The highest BCUT2D eigenvalue weighted by Gasteiger charge is 2.16. The number of Topliss-reactive ketones (excluding diaryl/α,β-unsaturated/α-hetero) is 2. The maximum absolute atomic E-state index is 13.2. The molecule has 0 aliphatic heterocycles. The molecule has 0 spiro atoms. The van der Waals surface area contributed by atoms with Crippen LogP contribution < -0.4 is 5.32 Å². The lowest BCUT2D eigenvalue weighted by molar-refractivity contribution is 0.0987. The van der Waals surface area contributed by atoms with E-state index in [1.807, 2.05) is 42.5 Å². The van der Waals surface area contributed by atoms with Gasteiger partial charge in [-0.3, -0.25) is 9.59 Å². The Kier molecular flexibility index (Phi) is 8.22. The van der Waals surface area contributed by atoms with Gasteiger partial charge in [0.15, 0.2) is 17.4 Å². The van der Waals surface area contributed by atoms with E-state index in [2.05, 4.69) is 34.0 Å². The van der Waals surface area contributed by atoms with Gasteiger partial charge in [0.1, 0.15) is 11.5 Å². The first-order valence-corrected chi connectivity index (χ1v) is 11.0. The molecule has 0 radical (unpaired) electrons. The van der Waals surface area contributed by atoms with Crippen LogP contribution in [0.3, 0.4) is 0 Å². The number of hydrogen-bond acceptors (Lipinski definition) is 6. The van der Waals surface area contributed by atoms with Gasteiger partial charge in [-0.2, -0.15) is 0 Å². The van der Waals surface area contributed by atoms with E-state index in [1.54, 1.807) is 18.2 Å². The predicted molar refractivity (Wildman–Crippen MR) is 128 cm³/mol. The molecule has 6 heteroatoms. The maximum Gasteiger partial charge on any atom is 0.185 e. The van der Waals surface area contributed by atoms with Crippen molar-refractivity contribution in [1.29, 1.82) is 0 Å². The van der Waals surface area contributed by atoms with Gasteiger partial charge in [-0.05, 0) is 25.6 Å². The van der Waals surface area contributed by atoms with Crippen LogP contribution in [0.15, 0.2) is 60.7 Å². The van der Waals surface area contributed by atoms with Crippen molar-refractivity contribution in [3.05, 3.63) is 77.5 Å². The molecule has 0 fully saturated rings. The fourth-order valence-electron chi connectivity index (χ4n) is 3.56. The third-order valence-corrected chi connectivity index (χ3v) is 5.42. The molecule has 6 nitrogen and oxygen atoms in total. The highest BCUT2D eigenvalue weighted by atomic mass is 16.1. The molecular formula is C26H30N4O2. The number of ketones is 2. The van der Waals surface area contributed by atoms with Gasteiger partial charge in [0.2, 0.25) is 0 Å². The van der Waals surface area contributed by atoms with E-state index in [9.17, 15) is 9.59 Å². The van der Waals surface area contributed by atoms with Crippen molar-refractivity contribution >= 4 is 17.4 Å². The topological polar surface area (TPSA) is 75.2 Å². The smallest absolute Gasteiger partial charge is 0.185 e. The molecule has 2 aromatic carbocycles. The molecule has 1 N–H and O–H groups in total. The zero-order valence-corrected chi connectivity index (χ0v) is 19.0. The SMILES string of the molecule is CCN(CC)CCNc1cc(C(=O)Cc2ccccc2C(C)=O)nc(-c2ccccc2)n1. The molecule has 0 aliphatic carbocycles. The van der Waals surface area contributed by atoms with Crippen LogP contribution in [0, 0.1) is 0 Å².